The van der Waals surface area contributed by atoms with Crippen molar-refractivity contribution in [3.8, 4) is 28.8 Å². The summed E-state index contributed by atoms with van der Waals surface area (Å²) in [6.45, 7) is 5.44. The van der Waals surface area contributed by atoms with Crippen molar-refractivity contribution in [2.75, 3.05) is 6.61 Å². The van der Waals surface area contributed by atoms with Crippen LogP contribution in [0.2, 0.25) is 0 Å². The fourth-order valence-corrected chi connectivity index (χ4v) is 2.29. The van der Waals surface area contributed by atoms with Crippen LogP contribution in [0.1, 0.15) is 19.4 Å². The summed E-state index contributed by atoms with van der Waals surface area (Å²) in [5.74, 6) is 3.78. The second-order valence-corrected chi connectivity index (χ2v) is 4.93. The van der Waals surface area contributed by atoms with E-state index in [1.807, 2.05) is 0 Å². The van der Waals surface area contributed by atoms with Gasteiger partial charge in [-0.1, -0.05) is 12.0 Å². The van der Waals surface area contributed by atoms with E-state index in [0.29, 0.717) is 12.1 Å². The quantitative estimate of drug-likeness (QED) is 0.808. The molecule has 2 aromatic rings. The lowest BCUT2D eigenvalue weighted by molar-refractivity contribution is 0.365. The van der Waals surface area contributed by atoms with Gasteiger partial charge in [0.25, 0.3) is 5.56 Å². The molecule has 0 aliphatic rings. The zero-order valence-corrected chi connectivity index (χ0v) is 13.2. The van der Waals surface area contributed by atoms with Crippen molar-refractivity contribution in [2.45, 2.75) is 27.3 Å². The van der Waals surface area contributed by atoms with Gasteiger partial charge < -0.3 is 9.30 Å². The highest BCUT2D eigenvalue weighted by Crippen LogP contribution is 2.29. The summed E-state index contributed by atoms with van der Waals surface area (Å²) >= 11 is 0. The summed E-state index contributed by atoms with van der Waals surface area (Å²) in [6, 6.07) is 5.30. The lowest BCUT2D eigenvalue weighted by Crippen LogP contribution is -2.23. The van der Waals surface area contributed by atoms with E-state index in [1.54, 1.807) is 32.9 Å². The number of aromatic nitrogens is 1. The van der Waals surface area contributed by atoms with E-state index in [1.165, 1.54) is 4.57 Å². The first-order chi connectivity index (χ1) is 11.0. The van der Waals surface area contributed by atoms with Gasteiger partial charge in [-0.05, 0) is 26.8 Å². The second-order valence-electron chi connectivity index (χ2n) is 4.93. The standard InChI is InChI=1S/C18H17F2NO2/c1-4-6-9-23-13-10-14(19)17(15(20)11-13)16-8-7-12(3)18(22)21(16)5-2/h7-8,10-11H,5,9H2,1-3H3. The van der Waals surface area contributed by atoms with Crippen LogP contribution in [0.4, 0.5) is 8.78 Å². The molecule has 0 spiro atoms. The van der Waals surface area contributed by atoms with E-state index in [-0.39, 0.29) is 29.2 Å². The highest BCUT2D eigenvalue weighted by atomic mass is 19.1. The van der Waals surface area contributed by atoms with Crippen LogP contribution in [0, 0.1) is 30.4 Å². The number of hydrogen-bond donors (Lipinski definition) is 0. The van der Waals surface area contributed by atoms with Crippen molar-refractivity contribution in [1.29, 1.82) is 0 Å². The first-order valence-corrected chi connectivity index (χ1v) is 7.21. The zero-order valence-electron chi connectivity index (χ0n) is 13.2. The van der Waals surface area contributed by atoms with Crippen LogP contribution >= 0.6 is 0 Å². The minimum atomic E-state index is -0.782. The van der Waals surface area contributed by atoms with Gasteiger partial charge in [-0.2, -0.15) is 0 Å². The molecular weight excluding hydrogens is 300 g/mol. The molecule has 0 saturated carbocycles. The molecule has 0 aliphatic heterocycles. The molecule has 0 bridgehead atoms. The zero-order chi connectivity index (χ0) is 17.0. The van der Waals surface area contributed by atoms with Crippen LogP contribution in [0.5, 0.6) is 5.75 Å². The van der Waals surface area contributed by atoms with Crippen molar-refractivity contribution in [2.24, 2.45) is 0 Å². The number of nitrogens with zero attached hydrogens (tertiary/aromatic N) is 1. The lowest BCUT2D eigenvalue weighted by Gasteiger charge is -2.14. The molecule has 0 saturated heterocycles. The molecule has 0 fully saturated rings. The monoisotopic (exact) mass is 317 g/mol. The molecule has 1 aromatic heterocycles. The molecular formula is C18H17F2NO2. The summed E-state index contributed by atoms with van der Waals surface area (Å²) in [5, 5.41) is 0. The van der Waals surface area contributed by atoms with Gasteiger partial charge in [-0.3, -0.25) is 4.79 Å². The second kappa shape index (κ2) is 7.10. The maximum absolute atomic E-state index is 14.4. The maximum atomic E-state index is 14.4. The van der Waals surface area contributed by atoms with E-state index in [4.69, 9.17) is 4.74 Å². The van der Waals surface area contributed by atoms with Crippen LogP contribution in [0.15, 0.2) is 29.1 Å². The number of aryl methyl sites for hydroxylation is 1. The molecule has 120 valence electrons. The molecule has 3 nitrogen and oxygen atoms in total. The molecule has 1 aromatic carbocycles. The Hall–Kier alpha value is -2.61. The van der Waals surface area contributed by atoms with E-state index in [9.17, 15) is 13.6 Å². The molecule has 1 heterocycles. The fraction of sp³-hybridized carbons (Fsp3) is 0.278. The number of hydrogen-bond acceptors (Lipinski definition) is 2. The van der Waals surface area contributed by atoms with E-state index in [0.717, 1.165) is 12.1 Å². The third-order valence-corrected chi connectivity index (χ3v) is 3.44. The van der Waals surface area contributed by atoms with Crippen molar-refractivity contribution in [1.82, 2.24) is 4.57 Å². The summed E-state index contributed by atoms with van der Waals surface area (Å²) < 4.78 is 35.3. The Kier molecular flexibility index (Phi) is 5.17. The van der Waals surface area contributed by atoms with E-state index >= 15 is 0 Å². The van der Waals surface area contributed by atoms with Gasteiger partial charge in [0, 0.05) is 24.2 Å². The molecule has 0 atom stereocenters. The predicted molar refractivity (Wildman–Crippen MR) is 85.4 cm³/mol. The largest absolute Gasteiger partial charge is 0.481 e. The van der Waals surface area contributed by atoms with E-state index in [2.05, 4.69) is 11.8 Å². The lowest BCUT2D eigenvalue weighted by atomic mass is 10.1. The number of halogens is 2. The third kappa shape index (κ3) is 3.42. The van der Waals surface area contributed by atoms with Gasteiger partial charge in [-0.15, -0.1) is 5.92 Å². The van der Waals surface area contributed by atoms with Crippen LogP contribution < -0.4 is 10.3 Å². The Morgan fingerprint density at radius 3 is 2.43 bits per heavy atom. The smallest absolute Gasteiger partial charge is 0.253 e. The molecule has 5 heteroatoms. The predicted octanol–water partition coefficient (Wildman–Crippen LogP) is 3.52. The Labute approximate surface area is 133 Å². The first-order valence-electron chi connectivity index (χ1n) is 7.21. The SMILES string of the molecule is CC#CCOc1cc(F)c(-c2ccc(C)c(=O)n2CC)c(F)c1. The molecule has 0 N–H and O–H groups in total. The highest BCUT2D eigenvalue weighted by molar-refractivity contribution is 5.63. The molecule has 0 radical (unpaired) electrons. The average molecular weight is 317 g/mol. The minimum Gasteiger partial charge on any atom is -0.481 e. The number of rotatable bonds is 4. The minimum absolute atomic E-state index is 0.0545. The highest BCUT2D eigenvalue weighted by Gasteiger charge is 2.18. The normalized spacial score (nSPS) is 10.1. The fourth-order valence-electron chi connectivity index (χ4n) is 2.29. The van der Waals surface area contributed by atoms with Crippen LogP contribution in [-0.2, 0) is 6.54 Å². The van der Waals surface area contributed by atoms with Gasteiger partial charge in [0.1, 0.15) is 24.0 Å². The average Bonchev–Trinajstić information content (AvgIpc) is 2.50. The maximum Gasteiger partial charge on any atom is 0.253 e. The topological polar surface area (TPSA) is 31.2 Å². The Morgan fingerprint density at radius 1 is 1.22 bits per heavy atom. The molecule has 2 rings (SSSR count). The van der Waals surface area contributed by atoms with Gasteiger partial charge in [0.05, 0.1) is 11.3 Å². The summed E-state index contributed by atoms with van der Waals surface area (Å²) in [6.07, 6.45) is 0. The van der Waals surface area contributed by atoms with E-state index < -0.39 is 11.6 Å². The third-order valence-electron chi connectivity index (χ3n) is 3.44. The molecule has 23 heavy (non-hydrogen) atoms. The van der Waals surface area contributed by atoms with Crippen molar-refractivity contribution >= 4 is 0 Å². The molecule has 0 amide bonds. The van der Waals surface area contributed by atoms with Crippen LogP contribution in [-0.4, -0.2) is 11.2 Å². The Bertz CT molecular complexity index is 821. The first kappa shape index (κ1) is 16.8. The molecule has 0 aliphatic carbocycles. The number of ether oxygens (including phenoxy) is 1. The van der Waals surface area contributed by atoms with Gasteiger partial charge in [-0.25, -0.2) is 8.78 Å². The Morgan fingerprint density at radius 2 is 1.87 bits per heavy atom. The van der Waals surface area contributed by atoms with Crippen molar-refractivity contribution < 1.29 is 13.5 Å². The van der Waals surface area contributed by atoms with Gasteiger partial charge in [0.15, 0.2) is 0 Å². The number of pyridine rings is 1. The summed E-state index contributed by atoms with van der Waals surface area (Å²) in [5.41, 5.74) is 0.229. The van der Waals surface area contributed by atoms with Gasteiger partial charge in [0.2, 0.25) is 0 Å². The Balaban J connectivity index is 2.54. The summed E-state index contributed by atoms with van der Waals surface area (Å²) in [7, 11) is 0. The van der Waals surface area contributed by atoms with Crippen LogP contribution in [0.25, 0.3) is 11.3 Å². The number of benzene rings is 1. The van der Waals surface area contributed by atoms with Crippen LogP contribution in [0.3, 0.4) is 0 Å². The summed E-state index contributed by atoms with van der Waals surface area (Å²) in [4.78, 5) is 12.1. The molecule has 0 unspecified atom stereocenters. The van der Waals surface area contributed by atoms with Crippen molar-refractivity contribution in [3.05, 3.63) is 51.8 Å². The van der Waals surface area contributed by atoms with Gasteiger partial charge >= 0.3 is 0 Å². The van der Waals surface area contributed by atoms with Crippen molar-refractivity contribution in [3.63, 3.8) is 0 Å².